The molecule has 2 N–H and O–H groups in total. The van der Waals surface area contributed by atoms with E-state index in [2.05, 4.69) is 106 Å². The minimum atomic E-state index is 0.944. The van der Waals surface area contributed by atoms with Crippen molar-refractivity contribution in [3.8, 4) is 0 Å². The molecule has 0 aliphatic carbocycles. The van der Waals surface area contributed by atoms with E-state index in [4.69, 9.17) is 0 Å². The number of hydrogen-bond donors (Lipinski definition) is 2. The molecule has 0 unspecified atom stereocenters. The van der Waals surface area contributed by atoms with Crippen LogP contribution in [0.5, 0.6) is 0 Å². The van der Waals surface area contributed by atoms with Crippen LogP contribution in [0.15, 0.2) is 84.9 Å². The van der Waals surface area contributed by atoms with Gasteiger partial charge in [-0.25, -0.2) is 10.1 Å². The van der Waals surface area contributed by atoms with Gasteiger partial charge in [-0.3, -0.25) is 0 Å². The van der Waals surface area contributed by atoms with Gasteiger partial charge in [-0.2, -0.15) is 0 Å². The van der Waals surface area contributed by atoms with Crippen molar-refractivity contribution in [3.63, 3.8) is 0 Å². The smallest absolute Gasteiger partial charge is 0.0968 e. The van der Waals surface area contributed by atoms with Crippen molar-refractivity contribution < 1.29 is 0 Å². The fraction of sp³-hybridized carbons (Fsp3) is 0.182. The zero-order chi connectivity index (χ0) is 17.6. The van der Waals surface area contributed by atoms with Gasteiger partial charge in [0.15, 0.2) is 0 Å². The highest BCUT2D eigenvalue weighted by atomic mass is 15.9. The van der Waals surface area contributed by atoms with E-state index >= 15 is 0 Å². The Kier molecular flexibility index (Phi) is 5.14. The van der Waals surface area contributed by atoms with Gasteiger partial charge < -0.3 is 5.43 Å². The summed E-state index contributed by atoms with van der Waals surface area (Å²) in [5.41, 5.74) is 11.6. The van der Waals surface area contributed by atoms with Crippen LogP contribution in [-0.4, -0.2) is 18.1 Å². The number of hydrogen-bond acceptors (Lipinski definition) is 4. The quantitative estimate of drug-likeness (QED) is 0.677. The van der Waals surface area contributed by atoms with Crippen LogP contribution in [0, 0.1) is 0 Å². The molecule has 3 aromatic carbocycles. The number of nitrogens with one attached hydrogen (secondary N) is 2. The zero-order valence-electron chi connectivity index (χ0n) is 14.8. The van der Waals surface area contributed by atoms with Gasteiger partial charge in [0.1, 0.15) is 0 Å². The Balaban J connectivity index is 1.49. The second kappa shape index (κ2) is 8.04. The molecule has 0 atom stereocenters. The van der Waals surface area contributed by atoms with Crippen LogP contribution in [0.3, 0.4) is 0 Å². The SMILES string of the molecule is c1ccc(CCN(CCc2ccccc2)N2NNc3ccccc32)cc1. The molecule has 26 heavy (non-hydrogen) atoms. The van der Waals surface area contributed by atoms with Gasteiger partial charge >= 0.3 is 0 Å². The van der Waals surface area contributed by atoms with Gasteiger partial charge in [0.05, 0.1) is 11.4 Å². The summed E-state index contributed by atoms with van der Waals surface area (Å²) in [6, 6.07) is 29.7. The molecule has 132 valence electrons. The Morgan fingerprint density at radius 1 is 0.654 bits per heavy atom. The van der Waals surface area contributed by atoms with E-state index in [1.54, 1.807) is 0 Å². The summed E-state index contributed by atoms with van der Waals surface area (Å²) >= 11 is 0. The molecule has 4 rings (SSSR count). The van der Waals surface area contributed by atoms with Crippen molar-refractivity contribution in [2.75, 3.05) is 23.6 Å². The molecule has 0 amide bonds. The Morgan fingerprint density at radius 3 is 1.81 bits per heavy atom. The van der Waals surface area contributed by atoms with E-state index < -0.39 is 0 Å². The van der Waals surface area contributed by atoms with Crippen LogP contribution < -0.4 is 16.1 Å². The van der Waals surface area contributed by atoms with Crippen LogP contribution in [0.4, 0.5) is 11.4 Å². The molecule has 4 nitrogen and oxygen atoms in total. The molecule has 0 aromatic heterocycles. The maximum absolute atomic E-state index is 3.30. The molecular formula is C22H24N4. The van der Waals surface area contributed by atoms with E-state index in [-0.39, 0.29) is 0 Å². The first kappa shape index (κ1) is 16.6. The van der Waals surface area contributed by atoms with Crippen molar-refractivity contribution in [1.82, 2.24) is 10.5 Å². The number of benzene rings is 3. The summed E-state index contributed by atoms with van der Waals surface area (Å²) < 4.78 is 0. The Morgan fingerprint density at radius 2 is 1.19 bits per heavy atom. The summed E-state index contributed by atoms with van der Waals surface area (Å²) in [7, 11) is 0. The highest BCUT2D eigenvalue weighted by molar-refractivity contribution is 5.72. The summed E-state index contributed by atoms with van der Waals surface area (Å²) in [6.07, 6.45) is 2.02. The molecular weight excluding hydrogens is 320 g/mol. The minimum Gasteiger partial charge on any atom is -0.300 e. The van der Waals surface area contributed by atoms with Gasteiger partial charge in [0, 0.05) is 13.1 Å². The third-order valence-electron chi connectivity index (χ3n) is 4.71. The molecule has 0 fully saturated rings. The van der Waals surface area contributed by atoms with Gasteiger partial charge in [0.25, 0.3) is 0 Å². The Labute approximate surface area is 155 Å². The van der Waals surface area contributed by atoms with Crippen molar-refractivity contribution in [1.29, 1.82) is 0 Å². The van der Waals surface area contributed by atoms with E-state index in [1.165, 1.54) is 11.1 Å². The lowest BCUT2D eigenvalue weighted by atomic mass is 10.1. The Bertz CT molecular complexity index is 776. The van der Waals surface area contributed by atoms with Crippen LogP contribution >= 0.6 is 0 Å². The molecule has 1 aliphatic rings. The van der Waals surface area contributed by atoms with Crippen LogP contribution in [-0.2, 0) is 12.8 Å². The number of para-hydroxylation sites is 2. The third kappa shape index (κ3) is 3.87. The van der Waals surface area contributed by atoms with Crippen molar-refractivity contribution >= 4 is 11.4 Å². The van der Waals surface area contributed by atoms with Crippen LogP contribution in [0.25, 0.3) is 0 Å². The maximum atomic E-state index is 3.30. The highest BCUT2D eigenvalue weighted by Crippen LogP contribution is 2.29. The summed E-state index contributed by atoms with van der Waals surface area (Å²) in [6.45, 7) is 1.89. The molecule has 4 heteroatoms. The standard InChI is InChI=1S/C22H24N4/c1-3-9-19(10-4-1)15-17-25(18-16-20-11-5-2-6-12-20)26-22-14-8-7-13-21(22)23-24-26/h1-14,23-24H,15-18H2. The fourth-order valence-corrected chi connectivity index (χ4v) is 3.28. The average Bonchev–Trinajstić information content (AvgIpc) is 3.14. The highest BCUT2D eigenvalue weighted by Gasteiger charge is 2.23. The molecule has 0 saturated carbocycles. The van der Waals surface area contributed by atoms with Crippen LogP contribution in [0.1, 0.15) is 11.1 Å². The first-order chi connectivity index (χ1) is 12.9. The Hall–Kier alpha value is -2.82. The average molecular weight is 344 g/mol. The molecule has 0 radical (unpaired) electrons. The fourth-order valence-electron chi connectivity index (χ4n) is 3.28. The largest absolute Gasteiger partial charge is 0.300 e. The number of nitrogens with zero attached hydrogens (tertiary/aromatic N) is 2. The molecule has 3 aromatic rings. The lowest BCUT2D eigenvalue weighted by Crippen LogP contribution is -2.51. The second-order valence-corrected chi connectivity index (χ2v) is 6.49. The van der Waals surface area contributed by atoms with Crippen molar-refractivity contribution in [2.24, 2.45) is 0 Å². The summed E-state index contributed by atoms with van der Waals surface area (Å²) in [4.78, 5) is 0. The lowest BCUT2D eigenvalue weighted by Gasteiger charge is -2.32. The monoisotopic (exact) mass is 344 g/mol. The van der Waals surface area contributed by atoms with Crippen molar-refractivity contribution in [3.05, 3.63) is 96.1 Å². The number of anilines is 2. The van der Waals surface area contributed by atoms with E-state index in [9.17, 15) is 0 Å². The van der Waals surface area contributed by atoms with Crippen LogP contribution in [0.2, 0.25) is 0 Å². The number of fused-ring (bicyclic) bond motifs is 1. The third-order valence-corrected chi connectivity index (χ3v) is 4.71. The lowest BCUT2D eigenvalue weighted by molar-refractivity contribution is 0.237. The molecule has 0 bridgehead atoms. The topological polar surface area (TPSA) is 30.5 Å². The normalized spacial score (nSPS) is 12.9. The predicted molar refractivity (Wildman–Crippen MR) is 108 cm³/mol. The molecule has 1 aliphatic heterocycles. The van der Waals surface area contributed by atoms with Gasteiger partial charge in [-0.15, -0.1) is 5.53 Å². The van der Waals surface area contributed by atoms with Gasteiger partial charge in [-0.05, 0) is 36.1 Å². The van der Waals surface area contributed by atoms with Gasteiger partial charge in [-0.1, -0.05) is 72.8 Å². The predicted octanol–water partition coefficient (Wildman–Crippen LogP) is 4.04. The number of hydrazine groups is 3. The van der Waals surface area contributed by atoms with Gasteiger partial charge in [0.2, 0.25) is 0 Å². The number of rotatable bonds is 7. The second-order valence-electron chi connectivity index (χ2n) is 6.49. The van der Waals surface area contributed by atoms with Crippen molar-refractivity contribution in [2.45, 2.75) is 12.8 Å². The molecule has 1 heterocycles. The summed E-state index contributed by atoms with van der Waals surface area (Å²) in [5, 5.41) is 4.51. The molecule has 0 spiro atoms. The van der Waals surface area contributed by atoms with E-state index in [0.29, 0.717) is 0 Å². The van der Waals surface area contributed by atoms with E-state index in [0.717, 1.165) is 37.3 Å². The first-order valence-electron chi connectivity index (χ1n) is 9.14. The summed E-state index contributed by atoms with van der Waals surface area (Å²) in [5.74, 6) is 0. The maximum Gasteiger partial charge on any atom is 0.0968 e. The molecule has 0 saturated heterocycles. The first-order valence-corrected chi connectivity index (χ1v) is 9.14. The van der Waals surface area contributed by atoms with E-state index in [1.807, 2.05) is 0 Å². The zero-order valence-corrected chi connectivity index (χ0v) is 14.8. The minimum absolute atomic E-state index is 0.944.